The molecule has 1 aromatic rings. The van der Waals surface area contributed by atoms with E-state index in [-0.39, 0.29) is 5.60 Å². The van der Waals surface area contributed by atoms with Crippen LogP contribution < -0.4 is 4.74 Å². The van der Waals surface area contributed by atoms with Crippen molar-refractivity contribution in [1.29, 1.82) is 0 Å². The lowest BCUT2D eigenvalue weighted by atomic mass is 9.78. The summed E-state index contributed by atoms with van der Waals surface area (Å²) >= 11 is 3.49. The number of benzene rings is 1. The van der Waals surface area contributed by atoms with Crippen molar-refractivity contribution in [2.24, 2.45) is 0 Å². The van der Waals surface area contributed by atoms with Crippen LogP contribution in [0.15, 0.2) is 22.7 Å². The molecule has 1 aromatic carbocycles. The second-order valence-corrected chi connectivity index (χ2v) is 6.65. The van der Waals surface area contributed by atoms with Gasteiger partial charge in [-0.1, -0.05) is 35.2 Å². The first kappa shape index (κ1) is 16.8. The van der Waals surface area contributed by atoms with Gasteiger partial charge in [-0.2, -0.15) is 0 Å². The number of hydrogen-bond donors (Lipinski definition) is 1. The predicted molar refractivity (Wildman–Crippen MR) is 87.8 cm³/mol. The number of rotatable bonds is 6. The van der Waals surface area contributed by atoms with Crippen molar-refractivity contribution >= 4 is 15.9 Å². The van der Waals surface area contributed by atoms with Crippen molar-refractivity contribution in [3.8, 4) is 5.75 Å². The van der Waals surface area contributed by atoms with Gasteiger partial charge in [0.05, 0.1) is 18.8 Å². The summed E-state index contributed by atoms with van der Waals surface area (Å²) in [5.74, 6) is 0.819. The van der Waals surface area contributed by atoms with E-state index in [0.717, 1.165) is 41.5 Å². The number of hydrogen-bond acceptors (Lipinski definition) is 3. The van der Waals surface area contributed by atoms with Gasteiger partial charge < -0.3 is 14.6 Å². The number of ether oxygens (including phenoxy) is 2. The van der Waals surface area contributed by atoms with Crippen molar-refractivity contribution in [2.45, 2.75) is 57.2 Å². The Morgan fingerprint density at radius 1 is 1.29 bits per heavy atom. The molecule has 1 unspecified atom stereocenters. The van der Waals surface area contributed by atoms with Gasteiger partial charge in [-0.3, -0.25) is 0 Å². The summed E-state index contributed by atoms with van der Waals surface area (Å²) in [6, 6.07) is 5.90. The van der Waals surface area contributed by atoms with Crippen molar-refractivity contribution < 1.29 is 14.6 Å². The van der Waals surface area contributed by atoms with Gasteiger partial charge in [-0.05, 0) is 43.5 Å². The molecule has 0 heterocycles. The van der Waals surface area contributed by atoms with Gasteiger partial charge in [0.25, 0.3) is 0 Å². The molecule has 1 atom stereocenters. The summed E-state index contributed by atoms with van der Waals surface area (Å²) in [5.41, 5.74) is 0.629. The molecule has 0 bridgehead atoms. The zero-order valence-corrected chi connectivity index (χ0v) is 14.5. The standard InChI is InChI=1S/C17H25BrO3/c1-3-21-17(9-5-4-6-10-17)16(19)12-13-11-14(18)7-8-15(13)20-2/h7-8,11,16,19H,3-6,9-10,12H2,1-2H3. The maximum Gasteiger partial charge on any atom is 0.122 e. The number of aliphatic hydroxyl groups excluding tert-OH is 1. The molecule has 0 radical (unpaired) electrons. The van der Waals surface area contributed by atoms with E-state index in [9.17, 15) is 5.11 Å². The lowest BCUT2D eigenvalue weighted by molar-refractivity contribution is -0.138. The van der Waals surface area contributed by atoms with Gasteiger partial charge in [0, 0.05) is 17.5 Å². The topological polar surface area (TPSA) is 38.7 Å². The third-order valence-corrected chi connectivity index (χ3v) is 4.89. The molecule has 118 valence electrons. The summed E-state index contributed by atoms with van der Waals surface area (Å²) in [5, 5.41) is 10.8. The van der Waals surface area contributed by atoms with Crippen molar-refractivity contribution in [1.82, 2.24) is 0 Å². The molecule has 1 aliphatic carbocycles. The molecular weight excluding hydrogens is 332 g/mol. The van der Waals surface area contributed by atoms with E-state index in [0.29, 0.717) is 13.0 Å². The Bertz CT molecular complexity index is 450. The van der Waals surface area contributed by atoms with Crippen LogP contribution in [0.3, 0.4) is 0 Å². The fourth-order valence-electron chi connectivity index (χ4n) is 3.31. The predicted octanol–water partition coefficient (Wildman–Crippen LogP) is 4.10. The maximum atomic E-state index is 10.8. The van der Waals surface area contributed by atoms with Gasteiger partial charge >= 0.3 is 0 Å². The Labute approximate surface area is 135 Å². The number of aliphatic hydroxyl groups is 1. The molecule has 1 N–H and O–H groups in total. The van der Waals surface area contributed by atoms with E-state index in [1.165, 1.54) is 6.42 Å². The molecule has 2 rings (SSSR count). The highest BCUT2D eigenvalue weighted by atomic mass is 79.9. The van der Waals surface area contributed by atoms with E-state index in [1.54, 1.807) is 7.11 Å². The van der Waals surface area contributed by atoms with E-state index in [2.05, 4.69) is 15.9 Å². The highest BCUT2D eigenvalue weighted by Crippen LogP contribution is 2.37. The largest absolute Gasteiger partial charge is 0.496 e. The summed E-state index contributed by atoms with van der Waals surface area (Å²) in [6.07, 6.45) is 5.45. The highest BCUT2D eigenvalue weighted by molar-refractivity contribution is 9.10. The summed E-state index contributed by atoms with van der Waals surface area (Å²) in [7, 11) is 1.66. The molecule has 21 heavy (non-hydrogen) atoms. The lowest BCUT2D eigenvalue weighted by Gasteiger charge is -2.41. The zero-order valence-electron chi connectivity index (χ0n) is 12.9. The minimum atomic E-state index is -0.499. The first-order chi connectivity index (χ1) is 10.1. The molecule has 0 spiro atoms. The van der Waals surface area contributed by atoms with E-state index < -0.39 is 6.10 Å². The van der Waals surface area contributed by atoms with Crippen molar-refractivity contribution in [3.63, 3.8) is 0 Å². The van der Waals surface area contributed by atoms with E-state index in [1.807, 2.05) is 25.1 Å². The van der Waals surface area contributed by atoms with Crippen molar-refractivity contribution in [3.05, 3.63) is 28.2 Å². The van der Waals surface area contributed by atoms with Gasteiger partial charge in [-0.15, -0.1) is 0 Å². The molecule has 0 amide bonds. The Morgan fingerprint density at radius 3 is 2.62 bits per heavy atom. The quantitative estimate of drug-likeness (QED) is 0.833. The molecule has 3 nitrogen and oxygen atoms in total. The third kappa shape index (κ3) is 3.99. The SMILES string of the molecule is CCOC1(C(O)Cc2cc(Br)ccc2OC)CCCCC1. The van der Waals surface area contributed by atoms with Crippen LogP contribution in [-0.4, -0.2) is 30.5 Å². The fourth-order valence-corrected chi connectivity index (χ4v) is 3.72. The molecule has 4 heteroatoms. The Kier molecular flexibility index (Phi) is 6.08. The first-order valence-corrected chi connectivity index (χ1v) is 8.55. The van der Waals surface area contributed by atoms with Crippen LogP contribution in [-0.2, 0) is 11.2 Å². The molecule has 0 aromatic heterocycles. The van der Waals surface area contributed by atoms with E-state index >= 15 is 0 Å². The maximum absolute atomic E-state index is 10.8. The van der Waals surface area contributed by atoms with Gasteiger partial charge in [0.15, 0.2) is 0 Å². The van der Waals surface area contributed by atoms with Gasteiger partial charge in [0.1, 0.15) is 5.75 Å². The summed E-state index contributed by atoms with van der Waals surface area (Å²) < 4.78 is 12.4. The van der Waals surface area contributed by atoms with Crippen LogP contribution in [0, 0.1) is 0 Å². The molecule has 0 aliphatic heterocycles. The smallest absolute Gasteiger partial charge is 0.122 e. The van der Waals surface area contributed by atoms with Gasteiger partial charge in [0.2, 0.25) is 0 Å². The van der Waals surface area contributed by atoms with Crippen LogP contribution >= 0.6 is 15.9 Å². The second-order valence-electron chi connectivity index (χ2n) is 5.73. The molecule has 1 aliphatic rings. The Balaban J connectivity index is 2.18. The Morgan fingerprint density at radius 2 is 2.00 bits per heavy atom. The zero-order chi connectivity index (χ0) is 15.3. The summed E-state index contributed by atoms with van der Waals surface area (Å²) in [6.45, 7) is 2.65. The minimum absolute atomic E-state index is 0.389. The first-order valence-electron chi connectivity index (χ1n) is 7.76. The molecule has 0 saturated heterocycles. The summed E-state index contributed by atoms with van der Waals surface area (Å²) in [4.78, 5) is 0. The van der Waals surface area contributed by atoms with Crippen LogP contribution in [0.2, 0.25) is 0 Å². The van der Waals surface area contributed by atoms with Crippen molar-refractivity contribution in [2.75, 3.05) is 13.7 Å². The third-order valence-electron chi connectivity index (χ3n) is 4.39. The number of methoxy groups -OCH3 is 1. The van der Waals surface area contributed by atoms with Crippen LogP contribution in [0.25, 0.3) is 0 Å². The van der Waals surface area contributed by atoms with Crippen LogP contribution in [0.1, 0.15) is 44.6 Å². The second kappa shape index (κ2) is 7.61. The lowest BCUT2D eigenvalue weighted by Crippen LogP contribution is -2.47. The monoisotopic (exact) mass is 356 g/mol. The Hall–Kier alpha value is -0.580. The minimum Gasteiger partial charge on any atom is -0.496 e. The van der Waals surface area contributed by atoms with Crippen LogP contribution in [0.4, 0.5) is 0 Å². The normalized spacial score (nSPS) is 19.2. The highest BCUT2D eigenvalue weighted by Gasteiger charge is 2.40. The average Bonchev–Trinajstić information content (AvgIpc) is 2.49. The van der Waals surface area contributed by atoms with Gasteiger partial charge in [-0.25, -0.2) is 0 Å². The fraction of sp³-hybridized carbons (Fsp3) is 0.647. The van der Waals surface area contributed by atoms with Crippen LogP contribution in [0.5, 0.6) is 5.75 Å². The molecule has 1 saturated carbocycles. The average molecular weight is 357 g/mol. The van der Waals surface area contributed by atoms with E-state index in [4.69, 9.17) is 9.47 Å². The number of halogens is 1. The molecule has 1 fully saturated rings. The molecular formula is C17H25BrO3.